The van der Waals surface area contributed by atoms with Crippen LogP contribution in [0.1, 0.15) is 38.5 Å². The van der Waals surface area contributed by atoms with Crippen molar-refractivity contribution in [2.24, 2.45) is 0 Å². The molecule has 0 radical (unpaired) electrons. The highest BCUT2D eigenvalue weighted by molar-refractivity contribution is 5.03. The molecule has 0 saturated heterocycles. The molecule has 1 aliphatic rings. The molecule has 0 aromatic rings. The number of hydrogen-bond donors (Lipinski definition) is 0. The molecular formula is C12H20O. The van der Waals surface area contributed by atoms with Crippen LogP contribution < -0.4 is 0 Å². The van der Waals surface area contributed by atoms with Crippen LogP contribution in [0.3, 0.4) is 0 Å². The fourth-order valence-electron chi connectivity index (χ4n) is 1.82. The van der Waals surface area contributed by atoms with E-state index >= 15 is 0 Å². The van der Waals surface area contributed by atoms with Crippen LogP contribution >= 0.6 is 0 Å². The van der Waals surface area contributed by atoms with E-state index in [0.29, 0.717) is 0 Å². The number of rotatable bonds is 2. The molecule has 1 unspecified atom stereocenters. The third kappa shape index (κ3) is 3.00. The predicted molar refractivity (Wildman–Crippen MR) is 56.8 cm³/mol. The van der Waals surface area contributed by atoms with Crippen molar-refractivity contribution >= 4 is 0 Å². The highest BCUT2D eigenvalue weighted by Gasteiger charge is 2.23. The van der Waals surface area contributed by atoms with E-state index in [2.05, 4.69) is 18.7 Å². The molecule has 0 N–H and O–H groups in total. The summed E-state index contributed by atoms with van der Waals surface area (Å²) in [6, 6.07) is 0. The Morgan fingerprint density at radius 2 is 2.15 bits per heavy atom. The average molecular weight is 180 g/mol. The summed E-state index contributed by atoms with van der Waals surface area (Å²) >= 11 is 0. The Kier molecular flexibility index (Phi) is 4.23. The van der Waals surface area contributed by atoms with Crippen molar-refractivity contribution in [3.63, 3.8) is 0 Å². The molecule has 1 aliphatic carbocycles. The quantitative estimate of drug-likeness (QED) is 0.591. The summed E-state index contributed by atoms with van der Waals surface area (Å²) in [5.41, 5.74) is -0.0964. The van der Waals surface area contributed by atoms with E-state index in [1.807, 2.05) is 6.08 Å². The molecule has 13 heavy (non-hydrogen) atoms. The van der Waals surface area contributed by atoms with Gasteiger partial charge in [0.25, 0.3) is 0 Å². The van der Waals surface area contributed by atoms with E-state index < -0.39 is 0 Å². The van der Waals surface area contributed by atoms with E-state index in [4.69, 9.17) is 4.74 Å². The highest BCUT2D eigenvalue weighted by Crippen LogP contribution is 2.26. The van der Waals surface area contributed by atoms with Crippen LogP contribution in [0.25, 0.3) is 0 Å². The van der Waals surface area contributed by atoms with Crippen molar-refractivity contribution in [2.45, 2.75) is 44.1 Å². The summed E-state index contributed by atoms with van der Waals surface area (Å²) in [6.45, 7) is 3.87. The maximum Gasteiger partial charge on any atom is 0.0890 e. The Morgan fingerprint density at radius 1 is 1.31 bits per heavy atom. The third-order valence-corrected chi connectivity index (χ3v) is 2.88. The second-order valence-corrected chi connectivity index (χ2v) is 3.75. The van der Waals surface area contributed by atoms with Gasteiger partial charge in [-0.3, -0.25) is 0 Å². The van der Waals surface area contributed by atoms with Crippen molar-refractivity contribution in [2.75, 3.05) is 7.11 Å². The molecule has 0 fully saturated rings. The van der Waals surface area contributed by atoms with Crippen LogP contribution in [0.15, 0.2) is 24.8 Å². The minimum absolute atomic E-state index is 0.0964. The zero-order valence-corrected chi connectivity index (χ0v) is 8.59. The molecule has 1 atom stereocenters. The van der Waals surface area contributed by atoms with Gasteiger partial charge in [0, 0.05) is 7.11 Å². The zero-order valence-electron chi connectivity index (χ0n) is 8.59. The van der Waals surface area contributed by atoms with Gasteiger partial charge in [-0.1, -0.05) is 31.1 Å². The summed E-state index contributed by atoms with van der Waals surface area (Å²) < 4.78 is 5.55. The first-order valence-corrected chi connectivity index (χ1v) is 5.17. The lowest BCUT2D eigenvalue weighted by Crippen LogP contribution is -2.27. The van der Waals surface area contributed by atoms with Gasteiger partial charge in [0.1, 0.15) is 0 Å². The standard InChI is InChI=1S/C12H20O/c1-3-12(13-2)10-8-6-4-5-7-9-11-12/h3,6,8H,1,4-5,7,9-11H2,2H3/b8-6-. The third-order valence-electron chi connectivity index (χ3n) is 2.88. The molecule has 0 spiro atoms. The molecule has 0 aromatic heterocycles. The molecule has 1 nitrogen and oxygen atoms in total. The number of allylic oxidation sites excluding steroid dienone is 1. The molecule has 1 heteroatoms. The van der Waals surface area contributed by atoms with Gasteiger partial charge in [0.05, 0.1) is 5.60 Å². The van der Waals surface area contributed by atoms with Gasteiger partial charge in [-0.25, -0.2) is 0 Å². The first-order chi connectivity index (χ1) is 6.33. The molecule has 0 bridgehead atoms. The lowest BCUT2D eigenvalue weighted by atomic mass is 9.93. The van der Waals surface area contributed by atoms with Crippen LogP contribution in [0, 0.1) is 0 Å². The summed E-state index contributed by atoms with van der Waals surface area (Å²) in [7, 11) is 1.79. The molecule has 0 saturated carbocycles. The summed E-state index contributed by atoms with van der Waals surface area (Å²) in [6.07, 6.45) is 13.6. The van der Waals surface area contributed by atoms with E-state index in [1.54, 1.807) is 7.11 Å². The molecule has 74 valence electrons. The maximum atomic E-state index is 5.55. The largest absolute Gasteiger partial charge is 0.374 e. The highest BCUT2D eigenvalue weighted by atomic mass is 16.5. The SMILES string of the molecule is C=CC1(OC)C/C=C\CCCCC1. The first-order valence-electron chi connectivity index (χ1n) is 5.17. The molecule has 1 rings (SSSR count). The minimum atomic E-state index is -0.0964. The first kappa shape index (κ1) is 10.5. The van der Waals surface area contributed by atoms with Gasteiger partial charge in [-0.2, -0.15) is 0 Å². The number of ether oxygens (including phenoxy) is 1. The summed E-state index contributed by atoms with van der Waals surface area (Å²) in [4.78, 5) is 0. The van der Waals surface area contributed by atoms with Gasteiger partial charge in [0.15, 0.2) is 0 Å². The second kappa shape index (κ2) is 5.23. The Hall–Kier alpha value is -0.560. The van der Waals surface area contributed by atoms with E-state index in [9.17, 15) is 0 Å². The van der Waals surface area contributed by atoms with Gasteiger partial charge in [-0.05, 0) is 25.7 Å². The van der Waals surface area contributed by atoms with Crippen LogP contribution in [-0.2, 0) is 4.74 Å². The van der Waals surface area contributed by atoms with Crippen LogP contribution in [-0.4, -0.2) is 12.7 Å². The van der Waals surface area contributed by atoms with Gasteiger partial charge >= 0.3 is 0 Å². The predicted octanol–water partition coefficient (Wildman–Crippen LogP) is 3.47. The molecular weight excluding hydrogens is 160 g/mol. The van der Waals surface area contributed by atoms with E-state index in [-0.39, 0.29) is 5.60 Å². The molecule has 0 amide bonds. The Morgan fingerprint density at radius 3 is 2.85 bits per heavy atom. The van der Waals surface area contributed by atoms with Gasteiger partial charge in [-0.15, -0.1) is 6.58 Å². The monoisotopic (exact) mass is 180 g/mol. The Labute approximate surface area is 81.5 Å². The maximum absolute atomic E-state index is 5.55. The van der Waals surface area contributed by atoms with Crippen molar-refractivity contribution in [3.8, 4) is 0 Å². The lowest BCUT2D eigenvalue weighted by Gasteiger charge is -2.27. The fraction of sp³-hybridized carbons (Fsp3) is 0.667. The number of methoxy groups -OCH3 is 1. The van der Waals surface area contributed by atoms with Crippen molar-refractivity contribution in [1.82, 2.24) is 0 Å². The van der Waals surface area contributed by atoms with Gasteiger partial charge in [0.2, 0.25) is 0 Å². The zero-order chi connectivity index (χ0) is 9.57. The summed E-state index contributed by atoms with van der Waals surface area (Å²) in [5, 5.41) is 0. The van der Waals surface area contributed by atoms with Crippen LogP contribution in [0.2, 0.25) is 0 Å². The molecule has 0 heterocycles. The Balaban J connectivity index is 2.62. The van der Waals surface area contributed by atoms with Crippen molar-refractivity contribution in [1.29, 1.82) is 0 Å². The van der Waals surface area contributed by atoms with Crippen LogP contribution in [0.4, 0.5) is 0 Å². The lowest BCUT2D eigenvalue weighted by molar-refractivity contribution is 0.0260. The Bertz CT molecular complexity index is 184. The fourth-order valence-corrected chi connectivity index (χ4v) is 1.82. The second-order valence-electron chi connectivity index (χ2n) is 3.75. The topological polar surface area (TPSA) is 9.23 Å². The van der Waals surface area contributed by atoms with Crippen molar-refractivity contribution < 1.29 is 4.74 Å². The van der Waals surface area contributed by atoms with E-state index in [1.165, 1.54) is 25.7 Å². The minimum Gasteiger partial charge on any atom is -0.374 e. The van der Waals surface area contributed by atoms with Gasteiger partial charge < -0.3 is 4.74 Å². The van der Waals surface area contributed by atoms with Crippen LogP contribution in [0.5, 0.6) is 0 Å². The number of hydrogen-bond acceptors (Lipinski definition) is 1. The average Bonchev–Trinajstić information content (AvgIpc) is 2.29. The molecule has 0 aromatic carbocycles. The normalized spacial score (nSPS) is 32.7. The molecule has 0 aliphatic heterocycles. The van der Waals surface area contributed by atoms with Crippen molar-refractivity contribution in [3.05, 3.63) is 24.8 Å². The summed E-state index contributed by atoms with van der Waals surface area (Å²) in [5.74, 6) is 0. The smallest absolute Gasteiger partial charge is 0.0890 e. The van der Waals surface area contributed by atoms with E-state index in [0.717, 1.165) is 12.8 Å².